The number of rotatable bonds is 1. The van der Waals surface area contributed by atoms with Crippen LogP contribution in [0.2, 0.25) is 0 Å². The molecule has 2 fully saturated rings. The third-order valence-corrected chi connectivity index (χ3v) is 5.06. The van der Waals surface area contributed by atoms with Crippen LogP contribution in [0.15, 0.2) is 24.3 Å². The molecule has 7 heteroatoms. The van der Waals surface area contributed by atoms with Crippen molar-refractivity contribution in [2.24, 2.45) is 0 Å². The fourth-order valence-electron chi connectivity index (χ4n) is 3.95. The molecule has 0 spiro atoms. The summed E-state index contributed by atoms with van der Waals surface area (Å²) < 4.78 is 19.4. The van der Waals surface area contributed by atoms with Crippen LogP contribution in [0.3, 0.4) is 0 Å². The zero-order chi connectivity index (χ0) is 16.7. The first-order chi connectivity index (χ1) is 11.4. The van der Waals surface area contributed by atoms with Crippen molar-refractivity contribution in [3.63, 3.8) is 0 Å². The molecule has 2 saturated heterocycles. The van der Waals surface area contributed by atoms with E-state index in [-0.39, 0.29) is 0 Å². The van der Waals surface area contributed by atoms with E-state index in [1.165, 1.54) is 0 Å². The van der Waals surface area contributed by atoms with Gasteiger partial charge in [0.1, 0.15) is 23.6 Å². The van der Waals surface area contributed by atoms with Gasteiger partial charge in [0.15, 0.2) is 17.7 Å². The lowest BCUT2D eigenvalue weighted by molar-refractivity contribution is -0.228. The van der Waals surface area contributed by atoms with Gasteiger partial charge < -0.3 is 19.3 Å². The van der Waals surface area contributed by atoms with Gasteiger partial charge in [-0.05, 0) is 20.8 Å². The zero-order valence-corrected chi connectivity index (χ0v) is 13.8. The van der Waals surface area contributed by atoms with Gasteiger partial charge in [-0.15, -0.1) is 5.10 Å². The number of fused-ring (bicyclic) bond motifs is 5. The van der Waals surface area contributed by atoms with Crippen molar-refractivity contribution in [1.29, 1.82) is 0 Å². The molecule has 1 aromatic carbocycles. The van der Waals surface area contributed by atoms with Gasteiger partial charge in [0.05, 0.1) is 6.54 Å². The Morgan fingerprint density at radius 2 is 1.96 bits per heavy atom. The average molecular weight is 329 g/mol. The molecule has 0 saturated carbocycles. The predicted molar refractivity (Wildman–Crippen MR) is 82.8 cm³/mol. The summed E-state index contributed by atoms with van der Waals surface area (Å²) in [5.74, 6) is -0.791. The van der Waals surface area contributed by atoms with Crippen molar-refractivity contribution in [3.8, 4) is 11.3 Å². The fraction of sp³-hybridized carbons (Fsp3) is 0.529. The van der Waals surface area contributed by atoms with Gasteiger partial charge in [-0.1, -0.05) is 35.0 Å². The van der Waals surface area contributed by atoms with Crippen molar-refractivity contribution >= 4 is 0 Å². The van der Waals surface area contributed by atoms with Gasteiger partial charge in [-0.2, -0.15) is 0 Å². The lowest BCUT2D eigenvalue weighted by Crippen LogP contribution is -2.44. The van der Waals surface area contributed by atoms with E-state index in [2.05, 4.69) is 10.3 Å². The molecular formula is C17H19N3O4. The van der Waals surface area contributed by atoms with Gasteiger partial charge in [-0.25, -0.2) is 4.68 Å². The number of hydrogen-bond acceptors (Lipinski definition) is 6. The second-order valence-corrected chi connectivity index (χ2v) is 7.21. The Hall–Kier alpha value is -1.80. The Bertz CT molecular complexity index is 816. The molecule has 3 aliphatic heterocycles. The summed E-state index contributed by atoms with van der Waals surface area (Å²) in [5.41, 5.74) is 2.07. The number of benzene rings is 1. The molecule has 4 unspecified atom stereocenters. The molecule has 126 valence electrons. The number of aliphatic hydroxyl groups is 1. The van der Waals surface area contributed by atoms with Crippen LogP contribution < -0.4 is 0 Å². The summed E-state index contributed by atoms with van der Waals surface area (Å²) in [7, 11) is 0. The normalized spacial score (nSPS) is 35.8. The summed E-state index contributed by atoms with van der Waals surface area (Å²) in [6.45, 7) is 6.10. The largest absolute Gasteiger partial charge is 0.378 e. The third kappa shape index (κ3) is 1.75. The minimum atomic E-state index is -1.32. The lowest BCUT2D eigenvalue weighted by atomic mass is 9.89. The van der Waals surface area contributed by atoms with Crippen LogP contribution in [0.5, 0.6) is 0 Å². The van der Waals surface area contributed by atoms with E-state index in [0.717, 1.165) is 11.1 Å². The molecule has 4 heterocycles. The molecule has 5 rings (SSSR count). The molecule has 0 bridgehead atoms. The highest BCUT2D eigenvalue weighted by Crippen LogP contribution is 2.52. The molecule has 4 atom stereocenters. The third-order valence-electron chi connectivity index (χ3n) is 5.06. The molecule has 0 radical (unpaired) electrons. The van der Waals surface area contributed by atoms with Crippen molar-refractivity contribution in [3.05, 3.63) is 35.5 Å². The molecule has 0 amide bonds. The minimum absolute atomic E-state index is 0.435. The Labute approximate surface area is 139 Å². The molecule has 0 aliphatic carbocycles. The van der Waals surface area contributed by atoms with Crippen LogP contribution in [-0.2, 0) is 26.4 Å². The Morgan fingerprint density at radius 1 is 1.21 bits per heavy atom. The van der Waals surface area contributed by atoms with Crippen LogP contribution in [-0.4, -0.2) is 44.4 Å². The van der Waals surface area contributed by atoms with Crippen LogP contribution in [0.4, 0.5) is 0 Å². The van der Waals surface area contributed by atoms with E-state index in [0.29, 0.717) is 17.9 Å². The first-order valence-corrected chi connectivity index (χ1v) is 8.13. The average Bonchev–Trinajstić information content (AvgIpc) is 3.19. The lowest BCUT2D eigenvalue weighted by Gasteiger charge is -2.28. The summed E-state index contributed by atoms with van der Waals surface area (Å²) in [5, 5.41) is 20.0. The Kier molecular flexibility index (Phi) is 2.68. The molecule has 7 nitrogen and oxygen atoms in total. The molecular weight excluding hydrogens is 310 g/mol. The quantitative estimate of drug-likeness (QED) is 0.850. The second-order valence-electron chi connectivity index (χ2n) is 7.21. The Morgan fingerprint density at radius 3 is 2.71 bits per heavy atom. The maximum absolute atomic E-state index is 11.5. The first-order valence-electron chi connectivity index (χ1n) is 8.13. The monoisotopic (exact) mass is 329 g/mol. The summed E-state index contributed by atoms with van der Waals surface area (Å²) >= 11 is 0. The van der Waals surface area contributed by atoms with Crippen molar-refractivity contribution < 1.29 is 19.3 Å². The highest BCUT2D eigenvalue weighted by Gasteiger charge is 2.68. The van der Waals surface area contributed by atoms with Gasteiger partial charge in [-0.3, -0.25) is 0 Å². The van der Waals surface area contributed by atoms with Gasteiger partial charge in [0.2, 0.25) is 0 Å². The number of hydrogen-bond donors (Lipinski definition) is 1. The van der Waals surface area contributed by atoms with Gasteiger partial charge >= 0.3 is 0 Å². The molecule has 1 N–H and O–H groups in total. The predicted octanol–water partition coefficient (Wildman–Crippen LogP) is 1.33. The molecule has 24 heavy (non-hydrogen) atoms. The van der Waals surface area contributed by atoms with Crippen LogP contribution in [0, 0.1) is 6.92 Å². The van der Waals surface area contributed by atoms with Crippen molar-refractivity contribution in [2.45, 2.75) is 57.2 Å². The van der Waals surface area contributed by atoms with Crippen molar-refractivity contribution in [1.82, 2.24) is 15.0 Å². The number of aryl methyl sites for hydroxylation is 1. The van der Waals surface area contributed by atoms with Gasteiger partial charge in [0.25, 0.3) is 0 Å². The van der Waals surface area contributed by atoms with E-state index in [1.54, 1.807) is 4.68 Å². The van der Waals surface area contributed by atoms with Gasteiger partial charge in [0, 0.05) is 5.56 Å². The maximum atomic E-state index is 11.5. The van der Waals surface area contributed by atoms with E-state index in [1.807, 2.05) is 45.0 Å². The number of nitrogens with zero attached hydrogens (tertiary/aromatic N) is 3. The summed E-state index contributed by atoms with van der Waals surface area (Å²) in [4.78, 5) is 0. The standard InChI is InChI=1S/C17H19N3O4/c1-9-4-6-10(7-5-9)12-13-17(21)11(8-20(13)19-18-12)22-15-14(17)23-16(2,3)24-15/h4-7,11,14-15,21H,8H2,1-3H3. The highest BCUT2D eigenvalue weighted by atomic mass is 16.8. The smallest absolute Gasteiger partial charge is 0.191 e. The van der Waals surface area contributed by atoms with E-state index in [4.69, 9.17) is 14.2 Å². The van der Waals surface area contributed by atoms with E-state index in [9.17, 15) is 5.11 Å². The summed E-state index contributed by atoms with van der Waals surface area (Å²) in [6.07, 6.45) is -1.62. The maximum Gasteiger partial charge on any atom is 0.191 e. The second kappa shape index (κ2) is 4.43. The SMILES string of the molecule is Cc1ccc(-c2nnn3c2C2(O)C(C3)OC3OC(C)(C)OC32)cc1. The number of aromatic nitrogens is 3. The number of ether oxygens (including phenoxy) is 3. The summed E-state index contributed by atoms with van der Waals surface area (Å²) in [6, 6.07) is 8.01. The molecule has 3 aliphatic rings. The fourth-order valence-corrected chi connectivity index (χ4v) is 3.95. The first kappa shape index (κ1) is 14.5. The highest BCUT2D eigenvalue weighted by molar-refractivity contribution is 5.64. The van der Waals surface area contributed by atoms with Crippen LogP contribution in [0.1, 0.15) is 25.1 Å². The van der Waals surface area contributed by atoms with Crippen LogP contribution >= 0.6 is 0 Å². The zero-order valence-electron chi connectivity index (χ0n) is 13.8. The van der Waals surface area contributed by atoms with Crippen LogP contribution in [0.25, 0.3) is 11.3 Å². The topological polar surface area (TPSA) is 78.6 Å². The molecule has 1 aromatic heterocycles. The van der Waals surface area contributed by atoms with Crippen molar-refractivity contribution in [2.75, 3.05) is 0 Å². The Balaban J connectivity index is 1.63. The van der Waals surface area contributed by atoms with E-state index < -0.39 is 29.9 Å². The minimum Gasteiger partial charge on any atom is -0.378 e. The molecule has 2 aromatic rings. The van der Waals surface area contributed by atoms with E-state index >= 15 is 0 Å².